The molecular weight excluding hydrogens is 178 g/mol. The number of carbonyl (C=O) groups excluding carboxylic acids is 1. The van der Waals surface area contributed by atoms with Crippen LogP contribution in [0, 0.1) is 0 Å². The first-order chi connectivity index (χ1) is 6.81. The van der Waals surface area contributed by atoms with Crippen LogP contribution in [0.1, 0.15) is 26.2 Å². The number of aldehydes is 1. The lowest BCUT2D eigenvalue weighted by Crippen LogP contribution is -2.10. The van der Waals surface area contributed by atoms with Gasteiger partial charge in [-0.2, -0.15) is 0 Å². The van der Waals surface area contributed by atoms with Crippen LogP contribution in [0.3, 0.4) is 0 Å². The third-order valence-corrected chi connectivity index (χ3v) is 1.93. The number of nitrogens with one attached hydrogen (secondary N) is 1. The van der Waals surface area contributed by atoms with Crippen LogP contribution in [-0.2, 0) is 9.53 Å². The summed E-state index contributed by atoms with van der Waals surface area (Å²) in [6.45, 7) is 4.57. The Kier molecular flexibility index (Phi) is 9.91. The summed E-state index contributed by atoms with van der Waals surface area (Å²) >= 11 is 0. The van der Waals surface area contributed by atoms with Crippen LogP contribution in [0.2, 0.25) is 0 Å². The van der Waals surface area contributed by atoms with E-state index in [4.69, 9.17) is 4.74 Å². The molecule has 0 rings (SSSR count). The number of carbonyl (C=O) groups is 1. The van der Waals surface area contributed by atoms with Crippen LogP contribution in [-0.4, -0.2) is 33.1 Å². The van der Waals surface area contributed by atoms with Gasteiger partial charge in [0.1, 0.15) is 6.29 Å². The predicted molar refractivity (Wildman–Crippen MR) is 58.4 cm³/mol. The van der Waals surface area contributed by atoms with Crippen molar-refractivity contribution in [2.75, 3.05) is 26.8 Å². The van der Waals surface area contributed by atoms with E-state index in [9.17, 15) is 4.79 Å². The molecule has 0 aromatic rings. The Bertz CT molecular complexity index is 167. The smallest absolute Gasteiger partial charge is 0.142 e. The van der Waals surface area contributed by atoms with E-state index in [2.05, 4.69) is 5.32 Å². The fraction of sp³-hybridized carbons (Fsp3) is 0.727. The van der Waals surface area contributed by atoms with Crippen molar-refractivity contribution in [3.63, 3.8) is 0 Å². The predicted octanol–water partition coefficient (Wildman–Crippen LogP) is 1.54. The Morgan fingerprint density at radius 2 is 2.07 bits per heavy atom. The Morgan fingerprint density at radius 3 is 2.71 bits per heavy atom. The highest BCUT2D eigenvalue weighted by molar-refractivity contribution is 5.65. The third-order valence-electron chi connectivity index (χ3n) is 1.93. The van der Waals surface area contributed by atoms with Crippen LogP contribution in [0.15, 0.2) is 11.6 Å². The quantitative estimate of drug-likeness (QED) is 0.348. The third kappa shape index (κ3) is 9.42. The molecule has 82 valence electrons. The number of hydrogen-bond donors (Lipinski definition) is 1. The van der Waals surface area contributed by atoms with Gasteiger partial charge in [0.15, 0.2) is 0 Å². The number of ether oxygens (including phenoxy) is 1. The molecule has 3 heteroatoms. The van der Waals surface area contributed by atoms with E-state index in [1.54, 1.807) is 6.08 Å². The Hall–Kier alpha value is -0.670. The molecule has 0 aliphatic rings. The zero-order valence-corrected chi connectivity index (χ0v) is 9.21. The Morgan fingerprint density at radius 1 is 1.36 bits per heavy atom. The van der Waals surface area contributed by atoms with Gasteiger partial charge >= 0.3 is 0 Å². The number of allylic oxidation sites excluding steroid dienone is 2. The molecule has 0 aliphatic carbocycles. The lowest BCUT2D eigenvalue weighted by Gasteiger charge is -2.03. The van der Waals surface area contributed by atoms with Crippen molar-refractivity contribution in [1.29, 1.82) is 0 Å². The molecule has 0 aromatic carbocycles. The SMILES string of the molecule is CNCCCOCCC/C(C)=C\C=O. The van der Waals surface area contributed by atoms with Gasteiger partial charge in [-0.3, -0.25) is 4.79 Å². The maximum absolute atomic E-state index is 10.1. The van der Waals surface area contributed by atoms with Gasteiger partial charge in [0.05, 0.1) is 0 Å². The van der Waals surface area contributed by atoms with Crippen molar-refractivity contribution in [2.45, 2.75) is 26.2 Å². The molecule has 0 heterocycles. The normalized spacial score (nSPS) is 11.7. The molecule has 0 saturated carbocycles. The molecule has 3 nitrogen and oxygen atoms in total. The maximum Gasteiger partial charge on any atom is 0.142 e. The van der Waals surface area contributed by atoms with Crippen LogP contribution >= 0.6 is 0 Å². The molecule has 14 heavy (non-hydrogen) atoms. The van der Waals surface area contributed by atoms with Crippen molar-refractivity contribution in [3.05, 3.63) is 11.6 Å². The van der Waals surface area contributed by atoms with Gasteiger partial charge < -0.3 is 10.1 Å². The fourth-order valence-electron chi connectivity index (χ4n) is 1.11. The van der Waals surface area contributed by atoms with Crippen LogP contribution in [0.4, 0.5) is 0 Å². The van der Waals surface area contributed by atoms with E-state index in [0.717, 1.165) is 50.9 Å². The highest BCUT2D eigenvalue weighted by Crippen LogP contribution is 2.02. The summed E-state index contributed by atoms with van der Waals surface area (Å²) in [5.41, 5.74) is 1.12. The fourth-order valence-corrected chi connectivity index (χ4v) is 1.11. The first-order valence-corrected chi connectivity index (χ1v) is 5.14. The number of rotatable bonds is 9. The van der Waals surface area contributed by atoms with E-state index in [0.29, 0.717) is 0 Å². The van der Waals surface area contributed by atoms with Crippen molar-refractivity contribution < 1.29 is 9.53 Å². The summed E-state index contributed by atoms with van der Waals surface area (Å²) < 4.78 is 5.41. The molecule has 1 N–H and O–H groups in total. The summed E-state index contributed by atoms with van der Waals surface area (Å²) in [6.07, 6.45) is 5.45. The molecule has 0 spiro atoms. The van der Waals surface area contributed by atoms with E-state index in [1.165, 1.54) is 0 Å². The summed E-state index contributed by atoms with van der Waals surface area (Å²) in [5.74, 6) is 0. The molecule has 0 amide bonds. The van der Waals surface area contributed by atoms with Crippen molar-refractivity contribution >= 4 is 6.29 Å². The summed E-state index contributed by atoms with van der Waals surface area (Å²) in [6, 6.07) is 0. The molecule has 0 bridgehead atoms. The van der Waals surface area contributed by atoms with Gasteiger partial charge in [-0.25, -0.2) is 0 Å². The zero-order valence-electron chi connectivity index (χ0n) is 9.21. The molecule has 0 aliphatic heterocycles. The minimum absolute atomic E-state index is 0.785. The van der Waals surface area contributed by atoms with Gasteiger partial charge in [0.2, 0.25) is 0 Å². The first-order valence-electron chi connectivity index (χ1n) is 5.14. The summed E-state index contributed by atoms with van der Waals surface area (Å²) in [4.78, 5) is 10.1. The van der Waals surface area contributed by atoms with Gasteiger partial charge in [-0.05, 0) is 45.9 Å². The zero-order chi connectivity index (χ0) is 10.6. The number of hydrogen-bond acceptors (Lipinski definition) is 3. The van der Waals surface area contributed by atoms with E-state index in [-0.39, 0.29) is 0 Å². The second-order valence-corrected chi connectivity index (χ2v) is 3.32. The van der Waals surface area contributed by atoms with Crippen molar-refractivity contribution in [2.24, 2.45) is 0 Å². The van der Waals surface area contributed by atoms with Crippen molar-refractivity contribution in [3.8, 4) is 0 Å². The lowest BCUT2D eigenvalue weighted by atomic mass is 10.2. The second-order valence-electron chi connectivity index (χ2n) is 3.32. The maximum atomic E-state index is 10.1. The largest absolute Gasteiger partial charge is 0.381 e. The molecular formula is C11H21NO2. The first kappa shape index (κ1) is 13.3. The molecule has 0 saturated heterocycles. The highest BCUT2D eigenvalue weighted by atomic mass is 16.5. The van der Waals surface area contributed by atoms with Crippen molar-refractivity contribution in [1.82, 2.24) is 5.32 Å². The Balaban J connectivity index is 3.13. The average Bonchev–Trinajstić information content (AvgIpc) is 2.17. The summed E-state index contributed by atoms with van der Waals surface area (Å²) in [7, 11) is 1.94. The lowest BCUT2D eigenvalue weighted by molar-refractivity contribution is -0.104. The highest BCUT2D eigenvalue weighted by Gasteiger charge is 1.91. The van der Waals surface area contributed by atoms with Gasteiger partial charge in [-0.15, -0.1) is 0 Å². The topological polar surface area (TPSA) is 38.3 Å². The average molecular weight is 199 g/mol. The van der Waals surface area contributed by atoms with E-state index in [1.807, 2.05) is 14.0 Å². The van der Waals surface area contributed by atoms with Gasteiger partial charge in [-0.1, -0.05) is 5.57 Å². The van der Waals surface area contributed by atoms with Gasteiger partial charge in [0.25, 0.3) is 0 Å². The van der Waals surface area contributed by atoms with E-state index >= 15 is 0 Å². The van der Waals surface area contributed by atoms with Crippen LogP contribution in [0.5, 0.6) is 0 Å². The second kappa shape index (κ2) is 10.4. The molecule has 0 unspecified atom stereocenters. The summed E-state index contributed by atoms with van der Waals surface area (Å²) in [5, 5.41) is 3.07. The van der Waals surface area contributed by atoms with Crippen LogP contribution < -0.4 is 5.32 Å². The molecule has 0 fully saturated rings. The van der Waals surface area contributed by atoms with Gasteiger partial charge in [0, 0.05) is 13.2 Å². The minimum atomic E-state index is 0.785. The van der Waals surface area contributed by atoms with Crippen LogP contribution in [0.25, 0.3) is 0 Å². The Labute approximate surface area is 86.5 Å². The van der Waals surface area contributed by atoms with E-state index < -0.39 is 0 Å². The molecule has 0 atom stereocenters. The monoisotopic (exact) mass is 199 g/mol. The minimum Gasteiger partial charge on any atom is -0.381 e. The molecule has 0 aromatic heterocycles. The molecule has 0 radical (unpaired) electrons. The standard InChI is InChI=1S/C11H21NO2/c1-11(6-8-13)5-3-9-14-10-4-7-12-2/h6,8,12H,3-5,7,9-10H2,1-2H3/b11-6-.